The lowest BCUT2D eigenvalue weighted by Crippen LogP contribution is -2.46. The van der Waals surface area contributed by atoms with Crippen molar-refractivity contribution < 1.29 is 9.53 Å². The summed E-state index contributed by atoms with van der Waals surface area (Å²) in [6, 6.07) is 17.1. The van der Waals surface area contributed by atoms with Gasteiger partial charge in [-0.2, -0.15) is 0 Å². The fraction of sp³-hybridized carbons (Fsp3) is 0.480. The summed E-state index contributed by atoms with van der Waals surface area (Å²) in [5.41, 5.74) is 11.3. The lowest BCUT2D eigenvalue weighted by atomic mass is 9.71. The van der Waals surface area contributed by atoms with Crippen molar-refractivity contribution in [2.45, 2.75) is 58.4 Å². The highest BCUT2D eigenvalue weighted by molar-refractivity contribution is 5.79. The van der Waals surface area contributed by atoms with E-state index in [1.807, 2.05) is 12.1 Å². The van der Waals surface area contributed by atoms with Crippen molar-refractivity contribution in [3.63, 3.8) is 0 Å². The third-order valence-corrected chi connectivity index (χ3v) is 6.67. The smallest absolute Gasteiger partial charge is 0.421 e. The van der Waals surface area contributed by atoms with E-state index in [1.165, 1.54) is 35.1 Å². The molecule has 0 heterocycles. The number of nitrogens with one attached hydrogen (secondary N) is 2. The fourth-order valence-corrected chi connectivity index (χ4v) is 4.90. The van der Waals surface area contributed by atoms with Crippen LogP contribution in [0.25, 0.3) is 11.1 Å². The number of hydrogen-bond donors (Lipinski definition) is 2. The van der Waals surface area contributed by atoms with Crippen LogP contribution >= 0.6 is 0 Å². The molecule has 0 atom stereocenters. The largest absolute Gasteiger partial charge is 0.448 e. The predicted octanol–water partition coefficient (Wildman–Crippen LogP) is 5.63. The molecule has 1 saturated carbocycles. The third kappa shape index (κ3) is 4.32. The van der Waals surface area contributed by atoms with Crippen LogP contribution in [0, 0.1) is 11.3 Å². The quantitative estimate of drug-likeness (QED) is 0.663. The molecule has 4 nitrogen and oxygen atoms in total. The Kier molecular flexibility index (Phi) is 5.64. The zero-order valence-corrected chi connectivity index (χ0v) is 17.7. The first kappa shape index (κ1) is 20.0. The maximum atomic E-state index is 12.3. The van der Waals surface area contributed by atoms with Crippen LogP contribution in [-0.2, 0) is 4.74 Å². The van der Waals surface area contributed by atoms with Gasteiger partial charge in [0, 0.05) is 12.0 Å². The molecular weight excluding hydrogens is 360 g/mol. The van der Waals surface area contributed by atoms with Gasteiger partial charge in [-0.05, 0) is 59.3 Å². The predicted molar refractivity (Wildman–Crippen MR) is 117 cm³/mol. The number of amides is 1. The average Bonchev–Trinajstić information content (AvgIpc) is 3.04. The molecule has 0 aromatic heterocycles. The van der Waals surface area contributed by atoms with E-state index in [9.17, 15) is 4.79 Å². The van der Waals surface area contributed by atoms with E-state index in [4.69, 9.17) is 4.74 Å². The first-order chi connectivity index (χ1) is 13.9. The molecule has 0 bridgehead atoms. The molecule has 154 valence electrons. The van der Waals surface area contributed by atoms with Crippen molar-refractivity contribution in [2.75, 3.05) is 6.61 Å². The third-order valence-electron chi connectivity index (χ3n) is 6.67. The zero-order chi connectivity index (χ0) is 20.4. The number of rotatable bonds is 4. The van der Waals surface area contributed by atoms with Gasteiger partial charge < -0.3 is 4.74 Å². The van der Waals surface area contributed by atoms with Gasteiger partial charge in [-0.1, -0.05) is 69.3 Å². The van der Waals surface area contributed by atoms with Gasteiger partial charge in [0.25, 0.3) is 0 Å². The average molecular weight is 393 g/mol. The van der Waals surface area contributed by atoms with Crippen LogP contribution in [0.1, 0.15) is 63.5 Å². The summed E-state index contributed by atoms with van der Waals surface area (Å²) in [7, 11) is 0. The van der Waals surface area contributed by atoms with Crippen LogP contribution in [0.3, 0.4) is 0 Å². The lowest BCUT2D eigenvalue weighted by molar-refractivity contribution is 0.126. The van der Waals surface area contributed by atoms with Crippen LogP contribution in [0.5, 0.6) is 0 Å². The molecule has 0 saturated heterocycles. The monoisotopic (exact) mass is 392 g/mol. The Bertz CT molecular complexity index is 818. The Labute approximate surface area is 174 Å². The van der Waals surface area contributed by atoms with Crippen molar-refractivity contribution in [1.29, 1.82) is 0 Å². The topological polar surface area (TPSA) is 50.4 Å². The van der Waals surface area contributed by atoms with E-state index in [1.54, 1.807) is 0 Å². The van der Waals surface area contributed by atoms with Crippen molar-refractivity contribution in [1.82, 2.24) is 10.9 Å². The number of fused-ring (bicyclic) bond motifs is 3. The summed E-state index contributed by atoms with van der Waals surface area (Å²) in [4.78, 5) is 12.3. The molecule has 4 heteroatoms. The summed E-state index contributed by atoms with van der Waals surface area (Å²) >= 11 is 0. The molecule has 2 aliphatic carbocycles. The van der Waals surface area contributed by atoms with Crippen molar-refractivity contribution in [3.05, 3.63) is 59.7 Å². The van der Waals surface area contributed by atoms with Crippen molar-refractivity contribution in [2.24, 2.45) is 11.3 Å². The van der Waals surface area contributed by atoms with Gasteiger partial charge in [0.1, 0.15) is 6.61 Å². The molecule has 2 aromatic carbocycles. The van der Waals surface area contributed by atoms with E-state index in [-0.39, 0.29) is 5.92 Å². The molecule has 0 aliphatic heterocycles. The molecule has 0 spiro atoms. The van der Waals surface area contributed by atoms with Gasteiger partial charge in [-0.25, -0.2) is 10.2 Å². The first-order valence-corrected chi connectivity index (χ1v) is 10.8. The summed E-state index contributed by atoms with van der Waals surface area (Å²) in [6.07, 6.45) is 4.18. The Morgan fingerprint density at radius 2 is 1.48 bits per heavy atom. The molecular formula is C25H32N2O2. The summed E-state index contributed by atoms with van der Waals surface area (Å²) < 4.78 is 5.59. The molecule has 2 aliphatic rings. The molecule has 2 aromatic rings. The summed E-state index contributed by atoms with van der Waals surface area (Å²) in [6.45, 7) is 7.30. The molecule has 0 unspecified atom stereocenters. The molecule has 29 heavy (non-hydrogen) atoms. The Hall–Kier alpha value is -2.33. The Morgan fingerprint density at radius 3 is 2.03 bits per heavy atom. The Balaban J connectivity index is 1.29. The van der Waals surface area contributed by atoms with Gasteiger partial charge in [0.15, 0.2) is 0 Å². The van der Waals surface area contributed by atoms with Gasteiger partial charge in [0.05, 0.1) is 0 Å². The van der Waals surface area contributed by atoms with E-state index in [0.29, 0.717) is 18.1 Å². The van der Waals surface area contributed by atoms with Gasteiger partial charge in [-0.3, -0.25) is 5.43 Å². The van der Waals surface area contributed by atoms with Crippen molar-refractivity contribution in [3.8, 4) is 11.1 Å². The van der Waals surface area contributed by atoms with Crippen LogP contribution in [-0.4, -0.2) is 18.7 Å². The second-order valence-corrected chi connectivity index (χ2v) is 9.51. The van der Waals surface area contributed by atoms with Crippen LogP contribution < -0.4 is 10.9 Å². The highest BCUT2D eigenvalue weighted by atomic mass is 16.6. The normalized spacial score (nSPS) is 21.3. The Morgan fingerprint density at radius 1 is 0.931 bits per heavy atom. The minimum Gasteiger partial charge on any atom is -0.448 e. The highest BCUT2D eigenvalue weighted by Gasteiger charge is 2.31. The maximum absolute atomic E-state index is 12.3. The summed E-state index contributed by atoms with van der Waals surface area (Å²) in [5.74, 6) is 0.852. The van der Waals surface area contributed by atoms with Crippen molar-refractivity contribution >= 4 is 6.09 Å². The summed E-state index contributed by atoms with van der Waals surface area (Å²) in [5, 5.41) is 0. The number of carbonyl (C=O) groups excluding carboxylic acids is 1. The molecule has 4 rings (SSSR count). The zero-order valence-electron chi connectivity index (χ0n) is 17.7. The van der Waals surface area contributed by atoms with Crippen LogP contribution in [0.15, 0.2) is 48.5 Å². The number of hydrogen-bond acceptors (Lipinski definition) is 3. The molecule has 1 fully saturated rings. The fourth-order valence-electron chi connectivity index (χ4n) is 4.90. The molecule has 0 radical (unpaired) electrons. The number of carbonyl (C=O) groups is 1. The second-order valence-electron chi connectivity index (χ2n) is 9.51. The number of ether oxygens (including phenoxy) is 1. The minimum absolute atomic E-state index is 0.0929. The van der Waals surface area contributed by atoms with Gasteiger partial charge in [-0.15, -0.1) is 0 Å². The number of hydrazine groups is 1. The van der Waals surface area contributed by atoms with E-state index >= 15 is 0 Å². The molecule has 1 amide bonds. The standard InChI is InChI=1S/C25H32N2O2/c1-25(2,3)17-12-14-18(15-13-17)26-27-24(28)29-16-23-21-10-6-4-8-19(21)20-9-5-7-11-22(20)23/h4-11,17-18,23,26H,12-16H2,1-3H3,(H,27,28). The van der Waals surface area contributed by atoms with Gasteiger partial charge >= 0.3 is 6.09 Å². The maximum Gasteiger partial charge on any atom is 0.421 e. The lowest BCUT2D eigenvalue weighted by Gasteiger charge is -2.37. The van der Waals surface area contributed by atoms with E-state index in [2.05, 4.69) is 68.0 Å². The van der Waals surface area contributed by atoms with Gasteiger partial charge in [0.2, 0.25) is 0 Å². The van der Waals surface area contributed by atoms with E-state index < -0.39 is 6.09 Å². The molecule has 2 N–H and O–H groups in total. The first-order valence-electron chi connectivity index (χ1n) is 10.8. The van der Waals surface area contributed by atoms with E-state index in [0.717, 1.165) is 18.8 Å². The van der Waals surface area contributed by atoms with Crippen LogP contribution in [0.4, 0.5) is 4.79 Å². The van der Waals surface area contributed by atoms with Crippen LogP contribution in [0.2, 0.25) is 0 Å². The number of benzene rings is 2. The highest BCUT2D eigenvalue weighted by Crippen LogP contribution is 2.44. The SMILES string of the molecule is CC(C)(C)C1CCC(NNC(=O)OCC2c3ccccc3-c3ccccc32)CC1. The second kappa shape index (κ2) is 8.19. The minimum atomic E-state index is -0.398.